The van der Waals surface area contributed by atoms with E-state index in [1.807, 2.05) is 22.8 Å². The van der Waals surface area contributed by atoms with E-state index in [4.69, 9.17) is 17.3 Å². The summed E-state index contributed by atoms with van der Waals surface area (Å²) < 4.78 is 2.05. The van der Waals surface area contributed by atoms with E-state index in [2.05, 4.69) is 18.8 Å². The van der Waals surface area contributed by atoms with Crippen molar-refractivity contribution in [3.8, 4) is 0 Å². The Kier molecular flexibility index (Phi) is 3.06. The lowest BCUT2D eigenvalue weighted by molar-refractivity contribution is 0.526. The summed E-state index contributed by atoms with van der Waals surface area (Å²) in [4.78, 5) is 4.31. The Hall–Kier alpha value is -1.22. The number of fused-ring (bicyclic) bond motifs is 1. The van der Waals surface area contributed by atoms with Crippen LogP contribution in [-0.4, -0.2) is 9.55 Å². The van der Waals surface area contributed by atoms with Gasteiger partial charge in [-0.2, -0.15) is 0 Å². The molecule has 0 aliphatic heterocycles. The molecule has 4 heteroatoms. The minimum atomic E-state index is 0.568. The van der Waals surface area contributed by atoms with Crippen LogP contribution in [-0.2, 0) is 6.54 Å². The second-order valence-corrected chi connectivity index (χ2v) is 4.87. The van der Waals surface area contributed by atoms with E-state index in [1.165, 1.54) is 0 Å². The van der Waals surface area contributed by atoms with Crippen LogP contribution in [0.15, 0.2) is 18.2 Å². The monoisotopic (exact) mass is 237 g/mol. The fraction of sp³-hybridized carbons (Fsp3) is 0.417. The predicted octanol–water partition coefficient (Wildman–Crippen LogP) is 3.32. The van der Waals surface area contributed by atoms with Crippen LogP contribution in [0.5, 0.6) is 0 Å². The summed E-state index contributed by atoms with van der Waals surface area (Å²) >= 11 is 5.92. The lowest BCUT2D eigenvalue weighted by atomic mass is 10.1. The quantitative estimate of drug-likeness (QED) is 0.890. The second-order valence-electron chi connectivity index (χ2n) is 4.44. The molecule has 2 N–H and O–H groups in total. The maximum atomic E-state index is 5.92. The number of hydrogen-bond acceptors (Lipinski definition) is 2. The molecule has 2 aromatic rings. The van der Waals surface area contributed by atoms with Gasteiger partial charge in [0, 0.05) is 11.6 Å². The Labute approximate surface area is 100 Å². The molecule has 16 heavy (non-hydrogen) atoms. The van der Waals surface area contributed by atoms with Crippen LogP contribution in [0.4, 0.5) is 5.95 Å². The van der Waals surface area contributed by atoms with Crippen molar-refractivity contribution in [2.45, 2.75) is 26.8 Å². The summed E-state index contributed by atoms with van der Waals surface area (Å²) in [7, 11) is 0. The molecule has 1 aromatic carbocycles. The molecule has 0 bridgehead atoms. The van der Waals surface area contributed by atoms with Crippen LogP contribution in [0.1, 0.15) is 20.3 Å². The topological polar surface area (TPSA) is 43.8 Å². The van der Waals surface area contributed by atoms with Crippen molar-refractivity contribution in [3.05, 3.63) is 23.2 Å². The molecular formula is C12H16ClN3. The first-order valence-corrected chi connectivity index (χ1v) is 5.87. The van der Waals surface area contributed by atoms with Gasteiger partial charge in [0.2, 0.25) is 5.95 Å². The largest absolute Gasteiger partial charge is 0.369 e. The molecule has 0 radical (unpaired) electrons. The summed E-state index contributed by atoms with van der Waals surface area (Å²) in [6.45, 7) is 5.31. The third-order valence-electron chi connectivity index (χ3n) is 2.67. The van der Waals surface area contributed by atoms with Crippen molar-refractivity contribution in [1.29, 1.82) is 0 Å². The minimum absolute atomic E-state index is 0.568. The van der Waals surface area contributed by atoms with Gasteiger partial charge in [-0.1, -0.05) is 25.4 Å². The van der Waals surface area contributed by atoms with Crippen molar-refractivity contribution in [3.63, 3.8) is 0 Å². The molecule has 0 unspecified atom stereocenters. The van der Waals surface area contributed by atoms with Crippen LogP contribution >= 0.6 is 11.6 Å². The van der Waals surface area contributed by atoms with E-state index in [1.54, 1.807) is 0 Å². The van der Waals surface area contributed by atoms with Crippen LogP contribution in [0.2, 0.25) is 5.02 Å². The number of nitrogens with two attached hydrogens (primary N) is 1. The molecule has 3 nitrogen and oxygen atoms in total. The Morgan fingerprint density at radius 1 is 1.44 bits per heavy atom. The summed E-state index contributed by atoms with van der Waals surface area (Å²) in [5.74, 6) is 1.22. The van der Waals surface area contributed by atoms with Crippen molar-refractivity contribution in [2.24, 2.45) is 5.92 Å². The number of hydrogen-bond donors (Lipinski definition) is 1. The minimum Gasteiger partial charge on any atom is -0.369 e. The van der Waals surface area contributed by atoms with Crippen LogP contribution in [0.3, 0.4) is 0 Å². The fourth-order valence-corrected chi connectivity index (χ4v) is 1.91. The zero-order valence-corrected chi connectivity index (χ0v) is 10.3. The van der Waals surface area contributed by atoms with E-state index < -0.39 is 0 Å². The highest BCUT2D eigenvalue weighted by molar-refractivity contribution is 6.31. The maximum absolute atomic E-state index is 5.92. The summed E-state index contributed by atoms with van der Waals surface area (Å²) in [6.07, 6.45) is 1.10. The Bertz CT molecular complexity index is 502. The number of aromatic nitrogens is 2. The molecule has 0 amide bonds. The number of nitrogens with zero attached hydrogens (tertiary/aromatic N) is 2. The van der Waals surface area contributed by atoms with Gasteiger partial charge in [-0.05, 0) is 30.5 Å². The number of halogens is 1. The molecule has 0 saturated heterocycles. The lowest BCUT2D eigenvalue weighted by Crippen LogP contribution is -2.05. The average molecular weight is 238 g/mol. The normalized spacial score (nSPS) is 11.5. The first-order valence-electron chi connectivity index (χ1n) is 5.49. The molecule has 2 rings (SSSR count). The molecule has 0 aliphatic rings. The molecule has 0 fully saturated rings. The van der Waals surface area contributed by atoms with Crippen LogP contribution in [0.25, 0.3) is 11.0 Å². The molecular weight excluding hydrogens is 222 g/mol. The summed E-state index contributed by atoms with van der Waals surface area (Å²) in [6, 6.07) is 5.69. The molecule has 0 spiro atoms. The number of imidazole rings is 1. The number of rotatable bonds is 3. The van der Waals surface area contributed by atoms with Gasteiger partial charge in [0.1, 0.15) is 0 Å². The number of anilines is 1. The van der Waals surface area contributed by atoms with E-state index in [0.29, 0.717) is 16.9 Å². The van der Waals surface area contributed by atoms with E-state index in [9.17, 15) is 0 Å². The lowest BCUT2D eigenvalue weighted by Gasteiger charge is -2.08. The highest BCUT2D eigenvalue weighted by Crippen LogP contribution is 2.22. The molecule has 0 saturated carbocycles. The SMILES string of the molecule is CC(C)CCn1c(N)nc2cc(Cl)ccc21. The van der Waals surface area contributed by atoms with Gasteiger partial charge in [0.15, 0.2) is 0 Å². The van der Waals surface area contributed by atoms with Gasteiger partial charge >= 0.3 is 0 Å². The van der Waals surface area contributed by atoms with E-state index >= 15 is 0 Å². The predicted molar refractivity (Wildman–Crippen MR) is 68.6 cm³/mol. The smallest absolute Gasteiger partial charge is 0.201 e. The first kappa shape index (κ1) is 11.3. The second kappa shape index (κ2) is 4.34. The zero-order valence-electron chi connectivity index (χ0n) is 9.57. The summed E-state index contributed by atoms with van der Waals surface area (Å²) in [5.41, 5.74) is 7.83. The van der Waals surface area contributed by atoms with Gasteiger partial charge in [-0.3, -0.25) is 0 Å². The van der Waals surface area contributed by atoms with E-state index in [0.717, 1.165) is 24.0 Å². The van der Waals surface area contributed by atoms with Crippen LogP contribution in [0, 0.1) is 5.92 Å². The maximum Gasteiger partial charge on any atom is 0.201 e. The van der Waals surface area contributed by atoms with Gasteiger partial charge in [0.25, 0.3) is 0 Å². The van der Waals surface area contributed by atoms with Gasteiger partial charge in [-0.25, -0.2) is 4.98 Å². The Morgan fingerprint density at radius 2 is 2.19 bits per heavy atom. The molecule has 0 atom stereocenters. The molecule has 86 valence electrons. The van der Waals surface area contributed by atoms with E-state index in [-0.39, 0.29) is 0 Å². The van der Waals surface area contributed by atoms with Gasteiger partial charge < -0.3 is 10.3 Å². The highest BCUT2D eigenvalue weighted by Gasteiger charge is 2.08. The van der Waals surface area contributed by atoms with Crippen molar-refractivity contribution >= 4 is 28.6 Å². The standard InChI is InChI=1S/C12H16ClN3/c1-8(2)5-6-16-11-4-3-9(13)7-10(11)15-12(16)14/h3-4,7-8H,5-6H2,1-2H3,(H2,14,15). The molecule has 0 aliphatic carbocycles. The molecule has 1 aromatic heterocycles. The Balaban J connectivity index is 2.40. The first-order chi connectivity index (χ1) is 7.58. The molecule has 1 heterocycles. The van der Waals surface area contributed by atoms with Crippen LogP contribution < -0.4 is 5.73 Å². The number of aryl methyl sites for hydroxylation is 1. The Morgan fingerprint density at radius 3 is 2.88 bits per heavy atom. The number of nitrogen functional groups attached to an aromatic ring is 1. The van der Waals surface area contributed by atoms with Crippen molar-refractivity contribution < 1.29 is 0 Å². The fourth-order valence-electron chi connectivity index (χ4n) is 1.74. The third-order valence-corrected chi connectivity index (χ3v) is 2.90. The van der Waals surface area contributed by atoms with Crippen molar-refractivity contribution in [2.75, 3.05) is 5.73 Å². The average Bonchev–Trinajstić information content (AvgIpc) is 2.50. The van der Waals surface area contributed by atoms with Crippen molar-refractivity contribution in [1.82, 2.24) is 9.55 Å². The number of benzene rings is 1. The third kappa shape index (κ3) is 2.14. The highest BCUT2D eigenvalue weighted by atomic mass is 35.5. The summed E-state index contributed by atoms with van der Waals surface area (Å²) in [5, 5.41) is 0.695. The van der Waals surface area contributed by atoms with Gasteiger partial charge in [0.05, 0.1) is 11.0 Å². The zero-order chi connectivity index (χ0) is 11.7. The van der Waals surface area contributed by atoms with Gasteiger partial charge in [-0.15, -0.1) is 0 Å².